The van der Waals surface area contributed by atoms with Crippen LogP contribution < -0.4 is 10.5 Å². The molecular weight excluding hydrogens is 285 g/mol. The Labute approximate surface area is 107 Å². The molecule has 2 rings (SSSR count). The molecule has 0 aliphatic carbocycles. The van der Waals surface area contributed by atoms with Crippen molar-refractivity contribution in [3.8, 4) is 5.75 Å². The summed E-state index contributed by atoms with van der Waals surface area (Å²) < 4.78 is 19.7. The highest BCUT2D eigenvalue weighted by molar-refractivity contribution is 9.10. The minimum absolute atomic E-state index is 0.160. The molecule has 0 saturated carbocycles. The maximum atomic E-state index is 13.4. The van der Waals surface area contributed by atoms with Gasteiger partial charge in [0.15, 0.2) is 0 Å². The highest BCUT2D eigenvalue weighted by atomic mass is 79.9. The Morgan fingerprint density at radius 3 is 2.71 bits per heavy atom. The molecule has 0 radical (unpaired) electrons. The zero-order chi connectivity index (χ0) is 12.3. The van der Waals surface area contributed by atoms with E-state index in [1.54, 1.807) is 30.3 Å². The van der Waals surface area contributed by atoms with E-state index in [0.717, 1.165) is 4.47 Å². The number of benzene rings is 2. The van der Waals surface area contributed by atoms with Gasteiger partial charge in [0.1, 0.15) is 18.2 Å². The fraction of sp³-hybridized carbons (Fsp3) is 0.0769. The molecule has 0 aliphatic heterocycles. The second kappa shape index (κ2) is 5.19. The van der Waals surface area contributed by atoms with Gasteiger partial charge in [-0.15, -0.1) is 0 Å². The van der Waals surface area contributed by atoms with Crippen molar-refractivity contribution in [2.45, 2.75) is 6.61 Å². The van der Waals surface area contributed by atoms with Crippen molar-refractivity contribution in [2.75, 3.05) is 5.73 Å². The van der Waals surface area contributed by atoms with Crippen LogP contribution in [-0.2, 0) is 6.61 Å². The summed E-state index contributed by atoms with van der Waals surface area (Å²) in [6.07, 6.45) is 0. The average molecular weight is 296 g/mol. The third kappa shape index (κ3) is 2.97. The lowest BCUT2D eigenvalue weighted by molar-refractivity contribution is 0.301. The standard InChI is InChI=1S/C13H11BrFNO/c14-10-5-6-12(16)13(7-10)17-8-9-3-1-2-4-11(9)15/h1-7H,8,16H2. The van der Waals surface area contributed by atoms with Gasteiger partial charge < -0.3 is 10.5 Å². The van der Waals surface area contributed by atoms with Crippen LogP contribution in [0.5, 0.6) is 5.75 Å². The molecule has 17 heavy (non-hydrogen) atoms. The molecule has 0 fully saturated rings. The van der Waals surface area contributed by atoms with Crippen molar-refractivity contribution in [1.82, 2.24) is 0 Å². The van der Waals surface area contributed by atoms with Crippen LogP contribution in [0, 0.1) is 5.82 Å². The first kappa shape index (κ1) is 11.9. The number of nitrogens with two attached hydrogens (primary N) is 1. The zero-order valence-corrected chi connectivity index (χ0v) is 10.6. The van der Waals surface area contributed by atoms with Crippen LogP contribution in [-0.4, -0.2) is 0 Å². The molecule has 0 heterocycles. The highest BCUT2D eigenvalue weighted by Crippen LogP contribution is 2.26. The summed E-state index contributed by atoms with van der Waals surface area (Å²) in [5.74, 6) is 0.267. The van der Waals surface area contributed by atoms with Crippen LogP contribution in [0.25, 0.3) is 0 Å². The van der Waals surface area contributed by atoms with E-state index in [4.69, 9.17) is 10.5 Å². The first-order chi connectivity index (χ1) is 8.16. The Morgan fingerprint density at radius 1 is 1.18 bits per heavy atom. The van der Waals surface area contributed by atoms with Gasteiger partial charge in [-0.3, -0.25) is 0 Å². The Bertz CT molecular complexity index is 531. The summed E-state index contributed by atoms with van der Waals surface area (Å²) in [6.45, 7) is 0.160. The van der Waals surface area contributed by atoms with Crippen LogP contribution in [0.2, 0.25) is 0 Å². The van der Waals surface area contributed by atoms with Crippen molar-refractivity contribution < 1.29 is 9.13 Å². The van der Waals surface area contributed by atoms with E-state index in [-0.39, 0.29) is 12.4 Å². The smallest absolute Gasteiger partial charge is 0.143 e. The maximum absolute atomic E-state index is 13.4. The summed E-state index contributed by atoms with van der Waals surface area (Å²) in [4.78, 5) is 0. The third-order valence-corrected chi connectivity index (χ3v) is 2.81. The molecule has 88 valence electrons. The van der Waals surface area contributed by atoms with E-state index in [9.17, 15) is 4.39 Å². The maximum Gasteiger partial charge on any atom is 0.143 e. The van der Waals surface area contributed by atoms with Gasteiger partial charge in [-0.2, -0.15) is 0 Å². The molecule has 4 heteroatoms. The highest BCUT2D eigenvalue weighted by Gasteiger charge is 2.04. The van der Waals surface area contributed by atoms with Gasteiger partial charge in [0, 0.05) is 10.0 Å². The van der Waals surface area contributed by atoms with Gasteiger partial charge in [-0.05, 0) is 24.3 Å². The normalized spacial score (nSPS) is 10.2. The molecule has 2 aromatic carbocycles. The summed E-state index contributed by atoms with van der Waals surface area (Å²) >= 11 is 3.33. The molecule has 0 amide bonds. The largest absolute Gasteiger partial charge is 0.487 e. The molecule has 2 nitrogen and oxygen atoms in total. The lowest BCUT2D eigenvalue weighted by Crippen LogP contribution is -2.00. The quantitative estimate of drug-likeness (QED) is 0.875. The fourth-order valence-electron chi connectivity index (χ4n) is 1.40. The first-order valence-electron chi connectivity index (χ1n) is 5.08. The number of halogens is 2. The Kier molecular flexibility index (Phi) is 3.64. The molecule has 0 spiro atoms. The minimum Gasteiger partial charge on any atom is -0.487 e. The molecule has 0 saturated heterocycles. The summed E-state index contributed by atoms with van der Waals surface area (Å²) in [5, 5.41) is 0. The molecule has 0 atom stereocenters. The molecule has 2 aromatic rings. The number of rotatable bonds is 3. The molecule has 0 bridgehead atoms. The summed E-state index contributed by atoms with van der Waals surface area (Å²) in [7, 11) is 0. The van der Waals surface area contributed by atoms with Crippen LogP contribution in [0.3, 0.4) is 0 Å². The number of ether oxygens (including phenoxy) is 1. The molecule has 0 aliphatic rings. The summed E-state index contributed by atoms with van der Waals surface area (Å²) in [6, 6.07) is 11.8. The van der Waals surface area contributed by atoms with Gasteiger partial charge in [0.05, 0.1) is 5.69 Å². The Morgan fingerprint density at radius 2 is 1.94 bits per heavy atom. The van der Waals surface area contributed by atoms with Gasteiger partial charge in [-0.25, -0.2) is 4.39 Å². The van der Waals surface area contributed by atoms with Gasteiger partial charge in [-0.1, -0.05) is 34.1 Å². The molecular formula is C13H11BrFNO. The van der Waals surface area contributed by atoms with Crippen molar-refractivity contribution in [2.24, 2.45) is 0 Å². The van der Waals surface area contributed by atoms with Crippen LogP contribution in [0.4, 0.5) is 10.1 Å². The van der Waals surface area contributed by atoms with Crippen LogP contribution >= 0.6 is 15.9 Å². The third-order valence-electron chi connectivity index (χ3n) is 2.32. The van der Waals surface area contributed by atoms with Crippen LogP contribution in [0.1, 0.15) is 5.56 Å². The van der Waals surface area contributed by atoms with E-state index < -0.39 is 0 Å². The number of anilines is 1. The predicted octanol–water partition coefficient (Wildman–Crippen LogP) is 3.75. The second-order valence-electron chi connectivity index (χ2n) is 3.56. The van der Waals surface area contributed by atoms with E-state index in [1.165, 1.54) is 6.07 Å². The predicted molar refractivity (Wildman–Crippen MR) is 69.3 cm³/mol. The van der Waals surface area contributed by atoms with Crippen molar-refractivity contribution in [3.63, 3.8) is 0 Å². The second-order valence-corrected chi connectivity index (χ2v) is 4.48. The van der Waals surface area contributed by atoms with E-state index >= 15 is 0 Å². The monoisotopic (exact) mass is 295 g/mol. The Hall–Kier alpha value is -1.55. The van der Waals surface area contributed by atoms with E-state index in [0.29, 0.717) is 17.0 Å². The molecule has 2 N–H and O–H groups in total. The zero-order valence-electron chi connectivity index (χ0n) is 8.99. The van der Waals surface area contributed by atoms with Gasteiger partial charge >= 0.3 is 0 Å². The SMILES string of the molecule is Nc1ccc(Br)cc1OCc1ccccc1F. The lowest BCUT2D eigenvalue weighted by Gasteiger charge is -2.09. The molecule has 0 unspecified atom stereocenters. The van der Waals surface area contributed by atoms with Gasteiger partial charge in [0.2, 0.25) is 0 Å². The fourth-order valence-corrected chi connectivity index (χ4v) is 1.74. The van der Waals surface area contributed by atoms with Crippen LogP contribution in [0.15, 0.2) is 46.9 Å². The number of hydrogen-bond acceptors (Lipinski definition) is 2. The average Bonchev–Trinajstić information content (AvgIpc) is 2.32. The Balaban J connectivity index is 2.12. The minimum atomic E-state index is -0.277. The number of hydrogen-bond donors (Lipinski definition) is 1. The molecule has 0 aromatic heterocycles. The van der Waals surface area contributed by atoms with E-state index in [2.05, 4.69) is 15.9 Å². The van der Waals surface area contributed by atoms with Gasteiger partial charge in [0.25, 0.3) is 0 Å². The first-order valence-corrected chi connectivity index (χ1v) is 5.87. The number of nitrogen functional groups attached to an aromatic ring is 1. The van der Waals surface area contributed by atoms with E-state index in [1.807, 2.05) is 6.07 Å². The lowest BCUT2D eigenvalue weighted by atomic mass is 10.2. The topological polar surface area (TPSA) is 35.2 Å². The summed E-state index contributed by atoms with van der Waals surface area (Å²) in [5.41, 5.74) is 6.79. The van der Waals surface area contributed by atoms with Crippen molar-refractivity contribution in [1.29, 1.82) is 0 Å². The van der Waals surface area contributed by atoms with Crippen molar-refractivity contribution in [3.05, 3.63) is 58.3 Å². The van der Waals surface area contributed by atoms with Crippen molar-refractivity contribution >= 4 is 21.6 Å².